The summed E-state index contributed by atoms with van der Waals surface area (Å²) in [6.45, 7) is 2.27. The van der Waals surface area contributed by atoms with Crippen molar-refractivity contribution < 1.29 is 14.3 Å². The number of H-pyrrole nitrogens is 1. The van der Waals surface area contributed by atoms with E-state index in [-0.39, 0.29) is 11.6 Å². The molecular weight excluding hydrogens is 344 g/mol. The molecule has 2 aromatic carbocycles. The highest BCUT2D eigenvalue weighted by molar-refractivity contribution is 5.93. The highest BCUT2D eigenvalue weighted by Gasteiger charge is 2.08. The van der Waals surface area contributed by atoms with E-state index in [9.17, 15) is 4.79 Å². The van der Waals surface area contributed by atoms with Gasteiger partial charge < -0.3 is 9.47 Å². The number of carbonyl (C=O) groups is 1. The van der Waals surface area contributed by atoms with Gasteiger partial charge in [-0.15, -0.1) is 0 Å². The van der Waals surface area contributed by atoms with Crippen molar-refractivity contribution in [3.05, 3.63) is 77.1 Å². The van der Waals surface area contributed by atoms with E-state index in [4.69, 9.17) is 9.47 Å². The van der Waals surface area contributed by atoms with Crippen molar-refractivity contribution in [2.24, 2.45) is 5.10 Å². The van der Waals surface area contributed by atoms with Crippen molar-refractivity contribution >= 4 is 12.1 Å². The summed E-state index contributed by atoms with van der Waals surface area (Å²) in [7, 11) is 1.58. The maximum atomic E-state index is 11.9. The highest BCUT2D eigenvalue weighted by atomic mass is 16.5. The Balaban J connectivity index is 1.62. The predicted molar refractivity (Wildman–Crippen MR) is 102 cm³/mol. The van der Waals surface area contributed by atoms with Gasteiger partial charge in [-0.3, -0.25) is 9.89 Å². The van der Waals surface area contributed by atoms with Crippen LogP contribution < -0.4 is 14.9 Å². The topological polar surface area (TPSA) is 88.6 Å². The van der Waals surface area contributed by atoms with Gasteiger partial charge in [-0.25, -0.2) is 5.43 Å². The number of hydrazone groups is 1. The van der Waals surface area contributed by atoms with Gasteiger partial charge in [-0.2, -0.15) is 10.2 Å². The second-order valence-electron chi connectivity index (χ2n) is 5.82. The minimum atomic E-state index is -0.384. The smallest absolute Gasteiger partial charge is 0.291 e. The Morgan fingerprint density at radius 1 is 1.19 bits per heavy atom. The van der Waals surface area contributed by atoms with Crippen LogP contribution in [0.5, 0.6) is 11.5 Å². The summed E-state index contributed by atoms with van der Waals surface area (Å²) < 4.78 is 11.2. The van der Waals surface area contributed by atoms with Gasteiger partial charge in [-0.1, -0.05) is 30.3 Å². The third kappa shape index (κ3) is 4.94. The van der Waals surface area contributed by atoms with E-state index in [0.717, 1.165) is 16.8 Å². The van der Waals surface area contributed by atoms with Crippen LogP contribution in [0.1, 0.15) is 27.3 Å². The monoisotopic (exact) mass is 364 g/mol. The predicted octanol–water partition coefficient (Wildman–Crippen LogP) is 3.07. The maximum absolute atomic E-state index is 11.9. The van der Waals surface area contributed by atoms with Gasteiger partial charge in [0.2, 0.25) is 0 Å². The summed E-state index contributed by atoms with van der Waals surface area (Å²) >= 11 is 0. The fourth-order valence-electron chi connectivity index (χ4n) is 2.38. The first-order valence-corrected chi connectivity index (χ1v) is 8.36. The number of nitrogens with one attached hydrogen (secondary N) is 2. The van der Waals surface area contributed by atoms with Crippen molar-refractivity contribution in [3.63, 3.8) is 0 Å². The number of aryl methyl sites for hydroxylation is 1. The van der Waals surface area contributed by atoms with Gasteiger partial charge in [0.05, 0.1) is 13.3 Å². The number of benzene rings is 2. The maximum Gasteiger partial charge on any atom is 0.291 e. The van der Waals surface area contributed by atoms with Crippen molar-refractivity contribution in [1.82, 2.24) is 15.6 Å². The molecule has 0 aliphatic heterocycles. The van der Waals surface area contributed by atoms with E-state index in [1.54, 1.807) is 19.2 Å². The van der Waals surface area contributed by atoms with E-state index in [1.807, 2.05) is 49.4 Å². The van der Waals surface area contributed by atoms with Crippen molar-refractivity contribution in [2.75, 3.05) is 7.11 Å². The molecule has 27 heavy (non-hydrogen) atoms. The molecule has 3 aromatic rings. The lowest BCUT2D eigenvalue weighted by Gasteiger charge is -2.11. The van der Waals surface area contributed by atoms with E-state index < -0.39 is 0 Å². The Morgan fingerprint density at radius 2 is 2.00 bits per heavy atom. The SMILES string of the molecule is COc1cc(/C=N/NC(=O)c2cc(C)[nH]n2)ccc1OCc1ccccc1. The Kier molecular flexibility index (Phi) is 5.84. The normalized spacial score (nSPS) is 10.7. The number of aromatic nitrogens is 2. The van der Waals surface area contributed by atoms with Crippen LogP contribution in [0, 0.1) is 6.92 Å². The van der Waals surface area contributed by atoms with Crippen molar-refractivity contribution in [3.8, 4) is 11.5 Å². The van der Waals surface area contributed by atoms with Gasteiger partial charge >= 0.3 is 0 Å². The molecule has 3 rings (SSSR count). The Labute approximate surface area is 157 Å². The summed E-state index contributed by atoms with van der Waals surface area (Å²) in [6.07, 6.45) is 1.53. The first kappa shape index (κ1) is 18.2. The molecule has 0 aliphatic carbocycles. The van der Waals surface area contributed by atoms with Crippen LogP contribution in [0.2, 0.25) is 0 Å². The average molecular weight is 364 g/mol. The number of aromatic amines is 1. The van der Waals surface area contributed by atoms with Gasteiger partial charge in [0.15, 0.2) is 17.2 Å². The molecule has 0 unspecified atom stereocenters. The minimum absolute atomic E-state index is 0.284. The number of carbonyl (C=O) groups excluding carboxylic acids is 1. The van der Waals surface area contributed by atoms with E-state index in [2.05, 4.69) is 20.7 Å². The van der Waals surface area contributed by atoms with Crippen LogP contribution in [-0.4, -0.2) is 29.4 Å². The fraction of sp³-hybridized carbons (Fsp3) is 0.150. The molecule has 0 fully saturated rings. The summed E-state index contributed by atoms with van der Waals surface area (Å²) in [4.78, 5) is 11.9. The lowest BCUT2D eigenvalue weighted by molar-refractivity contribution is 0.0950. The fourth-order valence-corrected chi connectivity index (χ4v) is 2.38. The lowest BCUT2D eigenvalue weighted by Crippen LogP contribution is -2.18. The zero-order valence-electron chi connectivity index (χ0n) is 15.1. The van der Waals surface area contributed by atoms with Crippen molar-refractivity contribution in [1.29, 1.82) is 0 Å². The second kappa shape index (κ2) is 8.66. The minimum Gasteiger partial charge on any atom is -0.493 e. The lowest BCUT2D eigenvalue weighted by atomic mass is 10.2. The third-order valence-electron chi connectivity index (χ3n) is 3.74. The number of hydrogen-bond donors (Lipinski definition) is 2. The van der Waals surface area contributed by atoms with Gasteiger partial charge in [0.25, 0.3) is 5.91 Å². The number of methoxy groups -OCH3 is 1. The summed E-state index contributed by atoms with van der Waals surface area (Å²) in [5.41, 5.74) is 5.36. The molecule has 0 bridgehead atoms. The molecule has 1 aromatic heterocycles. The van der Waals surface area contributed by atoms with Gasteiger partial charge in [0.1, 0.15) is 6.61 Å². The number of ether oxygens (including phenoxy) is 2. The standard InChI is InChI=1S/C20H20N4O3/c1-14-10-17(23-22-14)20(25)24-21-12-16-8-9-18(19(11-16)26-2)27-13-15-6-4-3-5-7-15/h3-12H,13H2,1-2H3,(H,22,23)(H,24,25)/b21-12+. The van der Waals surface area contributed by atoms with Crippen molar-refractivity contribution in [2.45, 2.75) is 13.5 Å². The molecule has 1 heterocycles. The molecule has 138 valence electrons. The van der Waals surface area contributed by atoms with Crippen LogP contribution in [0.25, 0.3) is 0 Å². The Hall–Kier alpha value is -3.61. The molecule has 7 nitrogen and oxygen atoms in total. The molecular formula is C20H20N4O3. The zero-order chi connectivity index (χ0) is 19.1. The quantitative estimate of drug-likeness (QED) is 0.498. The first-order chi connectivity index (χ1) is 13.2. The number of nitrogens with zero attached hydrogens (tertiary/aromatic N) is 2. The largest absolute Gasteiger partial charge is 0.493 e. The molecule has 0 atom stereocenters. The third-order valence-corrected chi connectivity index (χ3v) is 3.74. The van der Waals surface area contributed by atoms with Crippen LogP contribution in [0.4, 0.5) is 0 Å². The average Bonchev–Trinajstić information content (AvgIpc) is 3.14. The number of rotatable bonds is 7. The van der Waals surface area contributed by atoms with Gasteiger partial charge in [0, 0.05) is 5.69 Å². The summed E-state index contributed by atoms with van der Waals surface area (Å²) in [6, 6.07) is 17.0. The second-order valence-corrected chi connectivity index (χ2v) is 5.82. The zero-order valence-corrected chi connectivity index (χ0v) is 15.1. The number of amides is 1. The summed E-state index contributed by atoms with van der Waals surface area (Å²) in [5, 5.41) is 10.5. The summed E-state index contributed by atoms with van der Waals surface area (Å²) in [5.74, 6) is 0.837. The van der Waals surface area contributed by atoms with Gasteiger partial charge in [-0.05, 0) is 42.3 Å². The highest BCUT2D eigenvalue weighted by Crippen LogP contribution is 2.28. The molecule has 7 heteroatoms. The van der Waals surface area contributed by atoms with Crippen LogP contribution in [0.15, 0.2) is 59.7 Å². The Morgan fingerprint density at radius 3 is 2.70 bits per heavy atom. The van der Waals surface area contributed by atoms with E-state index in [0.29, 0.717) is 18.1 Å². The van der Waals surface area contributed by atoms with Crippen LogP contribution in [-0.2, 0) is 6.61 Å². The van der Waals surface area contributed by atoms with E-state index in [1.165, 1.54) is 6.21 Å². The van der Waals surface area contributed by atoms with Crippen LogP contribution >= 0.6 is 0 Å². The molecule has 0 spiro atoms. The molecule has 0 aliphatic rings. The molecule has 2 N–H and O–H groups in total. The van der Waals surface area contributed by atoms with Crippen LogP contribution in [0.3, 0.4) is 0 Å². The molecule has 1 amide bonds. The molecule has 0 radical (unpaired) electrons. The Bertz CT molecular complexity index is 935. The van der Waals surface area contributed by atoms with E-state index >= 15 is 0 Å². The molecule has 0 saturated heterocycles. The molecule has 0 saturated carbocycles. The number of hydrogen-bond acceptors (Lipinski definition) is 5. The first-order valence-electron chi connectivity index (χ1n) is 8.36.